The smallest absolute Gasteiger partial charge is 0.337 e. The van der Waals surface area contributed by atoms with Gasteiger partial charge in [0.15, 0.2) is 0 Å². The Morgan fingerprint density at radius 1 is 1.11 bits per heavy atom. The fourth-order valence-electron chi connectivity index (χ4n) is 3.47. The van der Waals surface area contributed by atoms with Gasteiger partial charge in [0.05, 0.1) is 0 Å². The van der Waals surface area contributed by atoms with Crippen LogP contribution in [0.25, 0.3) is 0 Å². The zero-order valence-corrected chi connectivity index (χ0v) is 14.8. The number of halogens is 3. The van der Waals surface area contributed by atoms with Crippen LogP contribution >= 0.6 is 0 Å². The van der Waals surface area contributed by atoms with Gasteiger partial charge >= 0.3 is 6.18 Å². The Labute approximate surface area is 153 Å². The van der Waals surface area contributed by atoms with E-state index < -0.39 is 17.9 Å². The molecule has 0 saturated carbocycles. The van der Waals surface area contributed by atoms with E-state index >= 15 is 0 Å². The Morgan fingerprint density at radius 3 is 2.26 bits per heavy atom. The molecule has 2 aliphatic heterocycles. The number of nitrogens with zero attached hydrogens (tertiary/aromatic N) is 4. The summed E-state index contributed by atoms with van der Waals surface area (Å²) in [5.41, 5.74) is -0.251. The molecule has 0 aliphatic carbocycles. The van der Waals surface area contributed by atoms with Gasteiger partial charge in [-0.3, -0.25) is 19.3 Å². The molecule has 146 valence electrons. The molecule has 7 nitrogen and oxygen atoms in total. The van der Waals surface area contributed by atoms with Crippen molar-refractivity contribution in [3.8, 4) is 0 Å². The molecule has 0 spiro atoms. The van der Waals surface area contributed by atoms with Gasteiger partial charge in [0, 0.05) is 37.7 Å². The van der Waals surface area contributed by atoms with E-state index in [1.807, 2.05) is 0 Å². The quantitative estimate of drug-likeness (QED) is 0.728. The van der Waals surface area contributed by atoms with Crippen molar-refractivity contribution in [2.45, 2.75) is 51.2 Å². The second-order valence-corrected chi connectivity index (χ2v) is 6.75. The Bertz CT molecular complexity index is 757. The van der Waals surface area contributed by atoms with Gasteiger partial charge in [-0.25, -0.2) is 9.97 Å². The monoisotopic (exact) mass is 384 g/mol. The number of aromatic nitrogens is 2. The van der Waals surface area contributed by atoms with E-state index in [2.05, 4.69) is 9.97 Å². The average Bonchev–Trinajstić information content (AvgIpc) is 2.60. The third-order valence-corrected chi connectivity index (χ3v) is 4.76. The van der Waals surface area contributed by atoms with Gasteiger partial charge in [-0.15, -0.1) is 0 Å². The van der Waals surface area contributed by atoms with Crippen molar-refractivity contribution in [3.05, 3.63) is 23.3 Å². The van der Waals surface area contributed by atoms with Gasteiger partial charge in [0.25, 0.3) is 5.91 Å². The maximum absolute atomic E-state index is 12.9. The fourth-order valence-corrected chi connectivity index (χ4v) is 3.47. The average molecular weight is 384 g/mol. The minimum absolute atomic E-state index is 0.0556. The van der Waals surface area contributed by atoms with Crippen LogP contribution in [0.4, 0.5) is 13.2 Å². The number of carbonyl (C=O) groups excluding carboxylic acids is 3. The van der Waals surface area contributed by atoms with Crippen molar-refractivity contribution >= 4 is 17.7 Å². The molecule has 1 aromatic rings. The van der Waals surface area contributed by atoms with Crippen molar-refractivity contribution in [2.24, 2.45) is 0 Å². The first-order valence-electron chi connectivity index (χ1n) is 8.74. The van der Waals surface area contributed by atoms with E-state index in [0.29, 0.717) is 32.1 Å². The first kappa shape index (κ1) is 19.2. The summed E-state index contributed by atoms with van der Waals surface area (Å²) in [4.78, 5) is 46.0. The van der Waals surface area contributed by atoms with Gasteiger partial charge in [-0.1, -0.05) is 0 Å². The molecular weight excluding hydrogens is 365 g/mol. The second-order valence-electron chi connectivity index (χ2n) is 6.75. The van der Waals surface area contributed by atoms with Gasteiger partial charge in [-0.05, 0) is 32.3 Å². The molecule has 3 heterocycles. The van der Waals surface area contributed by atoms with Crippen LogP contribution in [0, 0.1) is 6.92 Å². The van der Waals surface area contributed by atoms with E-state index in [1.165, 1.54) is 22.8 Å². The number of imide groups is 1. The first-order valence-corrected chi connectivity index (χ1v) is 8.74. The lowest BCUT2D eigenvalue weighted by atomic mass is 9.99. The summed E-state index contributed by atoms with van der Waals surface area (Å²) in [6.07, 6.45) is -2.70. The SMILES string of the molecule is Cc1cc(C(=O)N2CCC(N3C(=O)CCCC3=O)CC2)nc(C(F)(F)F)n1. The van der Waals surface area contributed by atoms with Crippen LogP contribution in [-0.2, 0) is 15.8 Å². The lowest BCUT2D eigenvalue weighted by Crippen LogP contribution is -2.52. The predicted molar refractivity (Wildman–Crippen MR) is 86.4 cm³/mol. The van der Waals surface area contributed by atoms with Crippen molar-refractivity contribution < 1.29 is 27.6 Å². The summed E-state index contributed by atoms with van der Waals surface area (Å²) < 4.78 is 38.6. The molecule has 3 rings (SSSR count). The molecule has 1 aromatic heterocycles. The van der Waals surface area contributed by atoms with Gasteiger partial charge < -0.3 is 4.90 Å². The molecule has 0 bridgehead atoms. The number of hydrogen-bond acceptors (Lipinski definition) is 5. The Kier molecular flexibility index (Phi) is 5.16. The third-order valence-electron chi connectivity index (χ3n) is 4.76. The molecule has 2 fully saturated rings. The maximum Gasteiger partial charge on any atom is 0.451 e. The molecule has 3 amide bonds. The van der Waals surface area contributed by atoms with Crippen LogP contribution < -0.4 is 0 Å². The maximum atomic E-state index is 12.9. The molecule has 2 aliphatic rings. The topological polar surface area (TPSA) is 83.5 Å². The van der Waals surface area contributed by atoms with Crippen molar-refractivity contribution in [2.75, 3.05) is 13.1 Å². The molecule has 0 atom stereocenters. The Hall–Kier alpha value is -2.52. The lowest BCUT2D eigenvalue weighted by Gasteiger charge is -2.38. The number of piperidine rings is 2. The zero-order valence-electron chi connectivity index (χ0n) is 14.8. The van der Waals surface area contributed by atoms with Crippen LogP contribution in [0.3, 0.4) is 0 Å². The molecule has 0 N–H and O–H groups in total. The highest BCUT2D eigenvalue weighted by Crippen LogP contribution is 2.27. The van der Waals surface area contributed by atoms with Crippen molar-refractivity contribution in [1.29, 1.82) is 0 Å². The third kappa shape index (κ3) is 4.09. The number of alkyl halides is 3. The Balaban J connectivity index is 1.69. The lowest BCUT2D eigenvalue weighted by molar-refractivity contribution is -0.151. The summed E-state index contributed by atoms with van der Waals surface area (Å²) in [5.74, 6) is -2.35. The van der Waals surface area contributed by atoms with E-state index in [0.717, 1.165) is 0 Å². The summed E-state index contributed by atoms with van der Waals surface area (Å²) in [6.45, 7) is 1.85. The second kappa shape index (κ2) is 7.24. The van der Waals surface area contributed by atoms with Gasteiger partial charge in [-0.2, -0.15) is 13.2 Å². The number of hydrogen-bond donors (Lipinski definition) is 0. The highest BCUT2D eigenvalue weighted by molar-refractivity contribution is 5.98. The van der Waals surface area contributed by atoms with E-state index in [9.17, 15) is 27.6 Å². The number of aryl methyl sites for hydroxylation is 1. The summed E-state index contributed by atoms with van der Waals surface area (Å²) in [6, 6.07) is 0.952. The molecule has 0 aromatic carbocycles. The first-order chi connectivity index (χ1) is 12.7. The van der Waals surface area contributed by atoms with Crippen LogP contribution in [0.5, 0.6) is 0 Å². The predicted octanol–water partition coefficient (Wildman–Crippen LogP) is 1.95. The summed E-state index contributed by atoms with van der Waals surface area (Å²) >= 11 is 0. The molecule has 2 saturated heterocycles. The van der Waals surface area contributed by atoms with Gasteiger partial charge in [0.2, 0.25) is 17.6 Å². The van der Waals surface area contributed by atoms with Crippen LogP contribution in [-0.4, -0.2) is 56.6 Å². The van der Waals surface area contributed by atoms with Crippen LogP contribution in [0.15, 0.2) is 6.07 Å². The van der Waals surface area contributed by atoms with E-state index in [4.69, 9.17) is 0 Å². The fraction of sp³-hybridized carbons (Fsp3) is 0.588. The minimum atomic E-state index is -4.73. The summed E-state index contributed by atoms with van der Waals surface area (Å²) in [7, 11) is 0. The summed E-state index contributed by atoms with van der Waals surface area (Å²) in [5, 5.41) is 0. The zero-order chi connectivity index (χ0) is 19.8. The molecular formula is C17H19F3N4O3. The largest absolute Gasteiger partial charge is 0.451 e. The standard InChI is InChI=1S/C17H19F3N4O3/c1-10-9-12(22-16(21-10)17(18,19)20)15(27)23-7-5-11(6-8-23)24-13(25)3-2-4-14(24)26/h9,11H,2-8H2,1H3. The number of amides is 3. The van der Waals surface area contributed by atoms with E-state index in [-0.39, 0.29) is 42.3 Å². The molecule has 0 radical (unpaired) electrons. The highest BCUT2D eigenvalue weighted by atomic mass is 19.4. The van der Waals surface area contributed by atoms with Crippen molar-refractivity contribution in [3.63, 3.8) is 0 Å². The molecule has 0 unspecified atom stereocenters. The highest BCUT2D eigenvalue weighted by Gasteiger charge is 2.38. The van der Waals surface area contributed by atoms with Crippen LogP contribution in [0.2, 0.25) is 0 Å². The number of carbonyl (C=O) groups is 3. The minimum Gasteiger partial charge on any atom is -0.337 e. The number of rotatable bonds is 2. The van der Waals surface area contributed by atoms with Crippen molar-refractivity contribution in [1.82, 2.24) is 19.8 Å². The van der Waals surface area contributed by atoms with Gasteiger partial charge in [0.1, 0.15) is 5.69 Å². The van der Waals surface area contributed by atoms with Crippen LogP contribution in [0.1, 0.15) is 54.1 Å². The normalized spacial score (nSPS) is 19.6. The van der Waals surface area contributed by atoms with E-state index in [1.54, 1.807) is 0 Å². The number of likely N-dealkylation sites (tertiary alicyclic amines) is 2. The molecule has 10 heteroatoms. The Morgan fingerprint density at radius 2 is 1.70 bits per heavy atom. The molecule has 27 heavy (non-hydrogen) atoms.